The van der Waals surface area contributed by atoms with E-state index in [1.807, 2.05) is 6.07 Å². The molecule has 2 aromatic carbocycles. The van der Waals surface area contributed by atoms with Crippen molar-refractivity contribution in [1.82, 2.24) is 5.32 Å². The van der Waals surface area contributed by atoms with E-state index in [2.05, 4.69) is 5.32 Å². The third-order valence-electron chi connectivity index (χ3n) is 3.45. The molecule has 3 N–H and O–H groups in total. The molecule has 24 heavy (non-hydrogen) atoms. The van der Waals surface area contributed by atoms with Gasteiger partial charge in [0.15, 0.2) is 0 Å². The molecule has 6 heteroatoms. The molecule has 2 amide bonds. The van der Waals surface area contributed by atoms with E-state index in [0.29, 0.717) is 11.1 Å². The van der Waals surface area contributed by atoms with Crippen molar-refractivity contribution < 1.29 is 14.0 Å². The number of carbonyl (C=O) groups is 2. The van der Waals surface area contributed by atoms with Crippen LogP contribution in [0.5, 0.6) is 0 Å². The van der Waals surface area contributed by atoms with Crippen LogP contribution in [0.25, 0.3) is 0 Å². The van der Waals surface area contributed by atoms with Gasteiger partial charge in [0, 0.05) is 6.42 Å². The summed E-state index contributed by atoms with van der Waals surface area (Å²) in [5.41, 5.74) is 7.16. The van der Waals surface area contributed by atoms with Gasteiger partial charge in [-0.15, -0.1) is 0 Å². The molecule has 2 aromatic rings. The van der Waals surface area contributed by atoms with Gasteiger partial charge in [-0.1, -0.05) is 24.3 Å². The van der Waals surface area contributed by atoms with E-state index in [9.17, 15) is 14.0 Å². The van der Waals surface area contributed by atoms with E-state index in [0.717, 1.165) is 5.56 Å². The summed E-state index contributed by atoms with van der Waals surface area (Å²) in [6.07, 6.45) is 0.211. The van der Waals surface area contributed by atoms with Crippen molar-refractivity contribution in [1.29, 1.82) is 5.26 Å². The van der Waals surface area contributed by atoms with Gasteiger partial charge in [-0.2, -0.15) is 5.26 Å². The number of nitriles is 1. The molecule has 0 aromatic heterocycles. The zero-order valence-electron chi connectivity index (χ0n) is 12.8. The number of benzene rings is 2. The van der Waals surface area contributed by atoms with Crippen LogP contribution < -0.4 is 11.1 Å². The lowest BCUT2D eigenvalue weighted by atomic mass is 10.0. The monoisotopic (exact) mass is 325 g/mol. The largest absolute Gasteiger partial charge is 0.368 e. The predicted molar refractivity (Wildman–Crippen MR) is 86.1 cm³/mol. The van der Waals surface area contributed by atoms with Crippen LogP contribution in [0.2, 0.25) is 0 Å². The number of hydrogen-bond acceptors (Lipinski definition) is 3. The highest BCUT2D eigenvalue weighted by Crippen LogP contribution is 2.08. The first-order valence-electron chi connectivity index (χ1n) is 7.30. The second-order valence-corrected chi connectivity index (χ2v) is 5.34. The Hall–Kier alpha value is -3.20. The molecule has 0 saturated heterocycles. The third kappa shape index (κ3) is 4.92. The molecule has 0 heterocycles. The molecule has 0 aliphatic heterocycles. The van der Waals surface area contributed by atoms with Crippen molar-refractivity contribution in [3.05, 3.63) is 71.0 Å². The smallest absolute Gasteiger partial charge is 0.240 e. The van der Waals surface area contributed by atoms with Crippen molar-refractivity contribution in [2.45, 2.75) is 18.9 Å². The van der Waals surface area contributed by atoms with Gasteiger partial charge in [0.2, 0.25) is 11.8 Å². The number of nitrogens with one attached hydrogen (secondary N) is 1. The Labute approximate surface area is 138 Å². The highest BCUT2D eigenvalue weighted by Gasteiger charge is 2.19. The van der Waals surface area contributed by atoms with Crippen molar-refractivity contribution in [2.75, 3.05) is 0 Å². The minimum Gasteiger partial charge on any atom is -0.368 e. The molecule has 0 aliphatic carbocycles. The zero-order valence-corrected chi connectivity index (χ0v) is 12.8. The highest BCUT2D eigenvalue weighted by molar-refractivity contribution is 5.87. The van der Waals surface area contributed by atoms with Crippen molar-refractivity contribution >= 4 is 11.8 Å². The van der Waals surface area contributed by atoms with Gasteiger partial charge in [0.25, 0.3) is 0 Å². The van der Waals surface area contributed by atoms with Gasteiger partial charge in [-0.25, -0.2) is 4.39 Å². The standard InChI is InChI=1S/C18H16FN3O2/c19-15-6-4-12(5-7-15)10-17(23)22-16(18(21)24)9-13-2-1-3-14(8-13)11-20/h1-8,16H,9-10H2,(H2,21,24)(H,22,23)/t16-/m1/s1. The topological polar surface area (TPSA) is 96.0 Å². The Bertz CT molecular complexity index is 782. The molecule has 0 fully saturated rings. The molecule has 1 atom stereocenters. The first-order chi connectivity index (χ1) is 11.5. The average Bonchev–Trinajstić information content (AvgIpc) is 2.56. The number of amides is 2. The lowest BCUT2D eigenvalue weighted by Gasteiger charge is -2.16. The van der Waals surface area contributed by atoms with Crippen LogP contribution in [0, 0.1) is 17.1 Å². The summed E-state index contributed by atoms with van der Waals surface area (Å²) in [6, 6.07) is 13.4. The maximum atomic E-state index is 12.9. The quantitative estimate of drug-likeness (QED) is 0.841. The Morgan fingerprint density at radius 3 is 2.50 bits per heavy atom. The van der Waals surface area contributed by atoms with Crippen molar-refractivity contribution in [3.8, 4) is 6.07 Å². The summed E-state index contributed by atoms with van der Waals surface area (Å²) in [4.78, 5) is 23.6. The molecule has 0 spiro atoms. The SMILES string of the molecule is N#Cc1cccc(C[C@@H](NC(=O)Cc2ccc(F)cc2)C(N)=O)c1. The number of carbonyl (C=O) groups excluding carboxylic acids is 2. The Morgan fingerprint density at radius 2 is 1.88 bits per heavy atom. The highest BCUT2D eigenvalue weighted by atomic mass is 19.1. The van der Waals surface area contributed by atoms with Crippen LogP contribution in [0.1, 0.15) is 16.7 Å². The normalized spacial score (nSPS) is 11.3. The van der Waals surface area contributed by atoms with E-state index in [1.54, 1.807) is 24.3 Å². The Balaban J connectivity index is 2.02. The summed E-state index contributed by atoms with van der Waals surface area (Å²) < 4.78 is 12.9. The summed E-state index contributed by atoms with van der Waals surface area (Å²) in [6.45, 7) is 0. The Morgan fingerprint density at radius 1 is 1.17 bits per heavy atom. The van der Waals surface area contributed by atoms with E-state index < -0.39 is 11.9 Å². The van der Waals surface area contributed by atoms with Crippen LogP contribution in [-0.2, 0) is 22.4 Å². The summed E-state index contributed by atoms with van der Waals surface area (Å²) in [5.74, 6) is -1.43. The molecule has 0 unspecified atom stereocenters. The van der Waals surface area contributed by atoms with Gasteiger partial charge in [0.1, 0.15) is 11.9 Å². The molecular formula is C18H16FN3O2. The number of nitrogens with zero attached hydrogens (tertiary/aromatic N) is 1. The van der Waals surface area contributed by atoms with E-state index >= 15 is 0 Å². The second kappa shape index (κ2) is 7.88. The van der Waals surface area contributed by atoms with E-state index in [1.165, 1.54) is 24.3 Å². The molecule has 0 saturated carbocycles. The van der Waals surface area contributed by atoms with Crippen LogP contribution in [0.3, 0.4) is 0 Å². The fourth-order valence-corrected chi connectivity index (χ4v) is 2.26. The fourth-order valence-electron chi connectivity index (χ4n) is 2.26. The number of hydrogen-bond donors (Lipinski definition) is 2. The van der Waals surface area contributed by atoms with Gasteiger partial charge in [-0.3, -0.25) is 9.59 Å². The van der Waals surface area contributed by atoms with Crippen LogP contribution >= 0.6 is 0 Å². The average molecular weight is 325 g/mol. The lowest BCUT2D eigenvalue weighted by Crippen LogP contribution is -2.46. The molecule has 0 aliphatic rings. The summed E-state index contributed by atoms with van der Waals surface area (Å²) in [5, 5.41) is 11.5. The van der Waals surface area contributed by atoms with Crippen molar-refractivity contribution in [2.24, 2.45) is 5.73 Å². The van der Waals surface area contributed by atoms with Crippen molar-refractivity contribution in [3.63, 3.8) is 0 Å². The first-order valence-corrected chi connectivity index (χ1v) is 7.30. The Kier molecular flexibility index (Phi) is 5.63. The lowest BCUT2D eigenvalue weighted by molar-refractivity contribution is -0.127. The minimum absolute atomic E-state index is 0.0162. The van der Waals surface area contributed by atoms with E-state index in [4.69, 9.17) is 11.0 Å². The number of nitrogens with two attached hydrogens (primary N) is 1. The molecule has 2 rings (SSSR count). The first kappa shape index (κ1) is 17.2. The van der Waals surface area contributed by atoms with Crippen LogP contribution in [-0.4, -0.2) is 17.9 Å². The third-order valence-corrected chi connectivity index (χ3v) is 3.45. The van der Waals surface area contributed by atoms with Crippen LogP contribution in [0.15, 0.2) is 48.5 Å². The van der Waals surface area contributed by atoms with Gasteiger partial charge < -0.3 is 11.1 Å². The summed E-state index contributed by atoms with van der Waals surface area (Å²) >= 11 is 0. The summed E-state index contributed by atoms with van der Waals surface area (Å²) in [7, 11) is 0. The molecule has 122 valence electrons. The van der Waals surface area contributed by atoms with Gasteiger partial charge in [0.05, 0.1) is 18.1 Å². The van der Waals surface area contributed by atoms with E-state index in [-0.39, 0.29) is 24.6 Å². The number of rotatable bonds is 6. The number of halogens is 1. The maximum Gasteiger partial charge on any atom is 0.240 e. The number of primary amides is 1. The molecular weight excluding hydrogens is 309 g/mol. The molecule has 5 nitrogen and oxygen atoms in total. The zero-order chi connectivity index (χ0) is 17.5. The second-order valence-electron chi connectivity index (χ2n) is 5.34. The fraction of sp³-hybridized carbons (Fsp3) is 0.167. The van der Waals surface area contributed by atoms with Crippen LogP contribution in [0.4, 0.5) is 4.39 Å². The molecule has 0 bridgehead atoms. The maximum absolute atomic E-state index is 12.9. The predicted octanol–water partition coefficient (Wildman–Crippen LogP) is 1.45. The van der Waals surface area contributed by atoms with Gasteiger partial charge >= 0.3 is 0 Å². The minimum atomic E-state index is -0.883. The van der Waals surface area contributed by atoms with Gasteiger partial charge in [-0.05, 0) is 35.4 Å². The molecule has 0 radical (unpaired) electrons.